The maximum absolute atomic E-state index is 10.5. The van der Waals surface area contributed by atoms with Crippen LogP contribution in [-0.4, -0.2) is 36.1 Å². The monoisotopic (exact) mass is 211 g/mol. The van der Waals surface area contributed by atoms with Gasteiger partial charge in [-0.1, -0.05) is 6.92 Å². The summed E-state index contributed by atoms with van der Waals surface area (Å²) in [4.78, 5) is 12.7. The number of rotatable bonds is 2. The van der Waals surface area contributed by atoms with Crippen molar-refractivity contribution in [2.24, 2.45) is 11.8 Å². The fourth-order valence-corrected chi connectivity index (χ4v) is 1.93. The van der Waals surface area contributed by atoms with E-state index in [0.29, 0.717) is 18.3 Å². The van der Waals surface area contributed by atoms with Gasteiger partial charge in [-0.15, -0.1) is 0 Å². The number of aliphatic carboxylic acids is 1. The fourth-order valence-electron chi connectivity index (χ4n) is 1.93. The molecule has 1 aliphatic heterocycles. The Kier molecular flexibility index (Phi) is 7.07. The molecule has 1 heterocycles. The van der Waals surface area contributed by atoms with Crippen LogP contribution in [0.1, 0.15) is 21.2 Å². The second-order valence-electron chi connectivity index (χ2n) is 3.89. The molecule has 0 bridgehead atoms. The molecule has 1 fully saturated rings. The van der Waals surface area contributed by atoms with Crippen molar-refractivity contribution in [3.05, 3.63) is 0 Å². The molecule has 1 aliphatic rings. The molecule has 1 saturated heterocycles. The predicted octanol–water partition coefficient (Wildman–Crippen LogP) is -1.83. The molecule has 0 aromatic rings. The third-order valence-corrected chi connectivity index (χ3v) is 2.72. The second-order valence-corrected chi connectivity index (χ2v) is 3.89. The minimum absolute atomic E-state index is 0. The van der Waals surface area contributed by atoms with E-state index in [-0.39, 0.29) is 52.8 Å². The SMILES string of the molecule is CC1CN(C)CCC1CC(=O)O.[H-].[K+]. The summed E-state index contributed by atoms with van der Waals surface area (Å²) in [6, 6.07) is 0. The molecule has 0 aromatic carbocycles. The smallest absolute Gasteiger partial charge is 1.00 e. The first-order chi connectivity index (χ1) is 5.59. The van der Waals surface area contributed by atoms with Gasteiger partial charge < -0.3 is 11.4 Å². The Morgan fingerprint density at radius 3 is 2.77 bits per heavy atom. The minimum Gasteiger partial charge on any atom is -1.00 e. The number of piperidine rings is 1. The van der Waals surface area contributed by atoms with E-state index in [1.165, 1.54) is 0 Å². The topological polar surface area (TPSA) is 40.5 Å². The molecule has 0 spiro atoms. The first-order valence-electron chi connectivity index (χ1n) is 4.50. The van der Waals surface area contributed by atoms with Gasteiger partial charge >= 0.3 is 57.4 Å². The summed E-state index contributed by atoms with van der Waals surface area (Å²) in [5.41, 5.74) is 0. The van der Waals surface area contributed by atoms with Crippen LogP contribution in [0, 0.1) is 11.8 Å². The van der Waals surface area contributed by atoms with Crippen LogP contribution in [0.15, 0.2) is 0 Å². The average molecular weight is 211 g/mol. The van der Waals surface area contributed by atoms with Crippen molar-refractivity contribution >= 4 is 5.97 Å². The summed E-state index contributed by atoms with van der Waals surface area (Å²) in [6.07, 6.45) is 1.37. The van der Waals surface area contributed by atoms with Gasteiger partial charge in [-0.2, -0.15) is 0 Å². The van der Waals surface area contributed by atoms with Gasteiger partial charge in [0.2, 0.25) is 0 Å². The van der Waals surface area contributed by atoms with Gasteiger partial charge in [0, 0.05) is 13.0 Å². The van der Waals surface area contributed by atoms with Crippen LogP contribution in [-0.2, 0) is 4.79 Å². The van der Waals surface area contributed by atoms with Gasteiger partial charge in [0.25, 0.3) is 0 Å². The fraction of sp³-hybridized carbons (Fsp3) is 0.889. The van der Waals surface area contributed by atoms with E-state index in [0.717, 1.165) is 19.5 Å². The number of carbonyl (C=O) groups is 1. The van der Waals surface area contributed by atoms with Gasteiger partial charge in [-0.25, -0.2) is 0 Å². The normalized spacial score (nSPS) is 29.4. The Bertz CT molecular complexity index is 180. The van der Waals surface area contributed by atoms with Crippen molar-refractivity contribution in [1.29, 1.82) is 0 Å². The Morgan fingerprint density at radius 2 is 2.31 bits per heavy atom. The zero-order chi connectivity index (χ0) is 9.14. The Morgan fingerprint density at radius 1 is 1.69 bits per heavy atom. The van der Waals surface area contributed by atoms with E-state index in [4.69, 9.17) is 5.11 Å². The molecule has 4 heteroatoms. The van der Waals surface area contributed by atoms with Crippen molar-refractivity contribution < 1.29 is 62.7 Å². The van der Waals surface area contributed by atoms with E-state index in [1.807, 2.05) is 0 Å². The average Bonchev–Trinajstić information content (AvgIpc) is 1.94. The number of carboxylic acid groups (broad SMARTS) is 1. The van der Waals surface area contributed by atoms with Crippen LogP contribution in [0.5, 0.6) is 0 Å². The van der Waals surface area contributed by atoms with Crippen molar-refractivity contribution in [3.63, 3.8) is 0 Å². The molecule has 0 aliphatic carbocycles. The summed E-state index contributed by atoms with van der Waals surface area (Å²) in [7, 11) is 2.09. The largest absolute Gasteiger partial charge is 1.00 e. The number of carboxylic acids is 1. The number of hydrogen-bond acceptors (Lipinski definition) is 2. The zero-order valence-electron chi connectivity index (χ0n) is 9.79. The molecule has 72 valence electrons. The Labute approximate surface area is 124 Å². The third-order valence-electron chi connectivity index (χ3n) is 2.72. The van der Waals surface area contributed by atoms with Crippen LogP contribution in [0.2, 0.25) is 0 Å². The minimum atomic E-state index is -0.656. The second kappa shape index (κ2) is 6.53. The van der Waals surface area contributed by atoms with E-state index < -0.39 is 5.97 Å². The van der Waals surface area contributed by atoms with Crippen LogP contribution in [0.3, 0.4) is 0 Å². The van der Waals surface area contributed by atoms with Crippen molar-refractivity contribution in [2.45, 2.75) is 19.8 Å². The maximum Gasteiger partial charge on any atom is 1.00 e. The van der Waals surface area contributed by atoms with Crippen molar-refractivity contribution in [3.8, 4) is 0 Å². The summed E-state index contributed by atoms with van der Waals surface area (Å²) in [5, 5.41) is 8.64. The standard InChI is InChI=1S/C9H17NO2.K.H/c1-7-6-10(2)4-3-8(7)5-9(11)12;;/h7-8H,3-6H2,1-2H3,(H,11,12);;/q;+1;-1. The molecule has 1 N–H and O–H groups in total. The molecule has 2 unspecified atom stereocenters. The number of nitrogens with zero attached hydrogens (tertiary/aromatic N) is 1. The van der Waals surface area contributed by atoms with E-state index in [1.54, 1.807) is 0 Å². The molecule has 1 rings (SSSR count). The van der Waals surface area contributed by atoms with E-state index in [2.05, 4.69) is 18.9 Å². The van der Waals surface area contributed by atoms with Crippen molar-refractivity contribution in [2.75, 3.05) is 20.1 Å². The number of likely N-dealkylation sites (tertiary alicyclic amines) is 1. The van der Waals surface area contributed by atoms with Crippen LogP contribution in [0.25, 0.3) is 0 Å². The number of hydrogen-bond donors (Lipinski definition) is 1. The summed E-state index contributed by atoms with van der Waals surface area (Å²) >= 11 is 0. The summed E-state index contributed by atoms with van der Waals surface area (Å²) in [5.74, 6) is 0.259. The van der Waals surface area contributed by atoms with Gasteiger partial charge in [0.1, 0.15) is 0 Å². The van der Waals surface area contributed by atoms with Gasteiger partial charge in [0.15, 0.2) is 0 Å². The predicted molar refractivity (Wildman–Crippen MR) is 48.1 cm³/mol. The molecule has 0 radical (unpaired) electrons. The molecule has 0 amide bonds. The third kappa shape index (κ3) is 4.90. The van der Waals surface area contributed by atoms with Crippen molar-refractivity contribution in [1.82, 2.24) is 4.90 Å². The Hall–Kier alpha value is 1.07. The molecule has 13 heavy (non-hydrogen) atoms. The van der Waals surface area contributed by atoms with E-state index >= 15 is 0 Å². The molecule has 0 saturated carbocycles. The molecular weight excluding hydrogens is 193 g/mol. The van der Waals surface area contributed by atoms with Crippen LogP contribution >= 0.6 is 0 Å². The van der Waals surface area contributed by atoms with E-state index in [9.17, 15) is 4.79 Å². The molecule has 2 atom stereocenters. The molecular formula is C9H18KNO2. The quantitative estimate of drug-likeness (QED) is 0.546. The maximum atomic E-state index is 10.5. The van der Waals surface area contributed by atoms with Crippen LogP contribution < -0.4 is 51.4 Å². The van der Waals surface area contributed by atoms with Crippen LogP contribution in [0.4, 0.5) is 0 Å². The molecule has 0 aromatic heterocycles. The summed E-state index contributed by atoms with van der Waals surface area (Å²) in [6.45, 7) is 4.23. The first kappa shape index (κ1) is 14.1. The molecule has 3 nitrogen and oxygen atoms in total. The van der Waals surface area contributed by atoms with Gasteiger partial charge in [0.05, 0.1) is 0 Å². The zero-order valence-corrected chi connectivity index (χ0v) is 11.9. The Balaban J connectivity index is 0. The first-order valence-corrected chi connectivity index (χ1v) is 4.50. The summed E-state index contributed by atoms with van der Waals surface area (Å²) < 4.78 is 0. The van der Waals surface area contributed by atoms with Gasteiger partial charge in [-0.3, -0.25) is 4.79 Å². The van der Waals surface area contributed by atoms with Gasteiger partial charge in [-0.05, 0) is 31.8 Å².